The molecule has 2 heterocycles. The molecule has 2 nitrogen and oxygen atoms in total. The molecule has 0 amide bonds. The molecule has 0 radical (unpaired) electrons. The van der Waals surface area contributed by atoms with Crippen molar-refractivity contribution >= 4 is 48.6 Å². The van der Waals surface area contributed by atoms with Crippen molar-refractivity contribution in [2.24, 2.45) is 0 Å². The third-order valence-electron chi connectivity index (χ3n) is 5.03. The first kappa shape index (κ1) is 14.3. The molecule has 122 valence electrons. The summed E-state index contributed by atoms with van der Waals surface area (Å²) >= 11 is 3.58. The van der Waals surface area contributed by atoms with E-state index in [0.29, 0.717) is 0 Å². The van der Waals surface area contributed by atoms with Gasteiger partial charge in [-0.2, -0.15) is 0 Å². The summed E-state index contributed by atoms with van der Waals surface area (Å²) < 4.78 is 13.5. The van der Waals surface area contributed by atoms with Crippen LogP contribution in [-0.4, -0.2) is 0 Å². The lowest BCUT2D eigenvalue weighted by Gasteiger charge is -2.21. The van der Waals surface area contributed by atoms with Gasteiger partial charge in [-0.1, -0.05) is 40.2 Å². The second-order valence-corrected chi connectivity index (χ2v) is 7.42. The Labute approximate surface area is 157 Å². The molecule has 3 heteroatoms. The molecule has 0 fully saturated rings. The average Bonchev–Trinajstić information content (AvgIpc) is 2.67. The van der Waals surface area contributed by atoms with Crippen LogP contribution in [0.4, 0.5) is 0 Å². The fraction of sp³-hybridized carbons (Fsp3) is 0. The van der Waals surface area contributed by atoms with Crippen molar-refractivity contribution in [2.45, 2.75) is 0 Å². The van der Waals surface area contributed by atoms with E-state index in [1.165, 1.54) is 16.3 Å². The van der Waals surface area contributed by atoms with Crippen LogP contribution < -0.4 is 4.74 Å². The monoisotopic (exact) mass is 399 g/mol. The summed E-state index contributed by atoms with van der Waals surface area (Å²) in [6, 6.07) is 24.7. The number of rotatable bonds is 0. The topological polar surface area (TPSA) is 20.5 Å². The standard InChI is InChI=1S/C23H12BrO2/c24-14-9-10-15-13(12-14)8-11-20-21(15)22-16-4-1-2-5-17(16)25-18-6-3-7-19(26-20)23(18)22/h1-12H/q+1. The van der Waals surface area contributed by atoms with Crippen LogP contribution in [0.5, 0.6) is 11.5 Å². The molecule has 1 aromatic heterocycles. The minimum absolute atomic E-state index is 0.843. The number of ether oxygens (including phenoxy) is 1. The summed E-state index contributed by atoms with van der Waals surface area (Å²) in [6.07, 6.45) is 0. The molecule has 4 aromatic carbocycles. The van der Waals surface area contributed by atoms with Crippen molar-refractivity contribution in [3.05, 3.63) is 77.3 Å². The van der Waals surface area contributed by atoms with Crippen LogP contribution in [-0.2, 0) is 0 Å². The zero-order chi connectivity index (χ0) is 17.3. The zero-order valence-corrected chi connectivity index (χ0v) is 15.2. The SMILES string of the molecule is Brc1ccc2c3c(ccc2c1)Oc1cccc2[o+]c4ccccc4c-3c12. The van der Waals surface area contributed by atoms with Gasteiger partial charge in [0.2, 0.25) is 0 Å². The zero-order valence-electron chi connectivity index (χ0n) is 13.6. The lowest BCUT2D eigenvalue weighted by atomic mass is 9.90. The van der Waals surface area contributed by atoms with E-state index in [4.69, 9.17) is 9.15 Å². The van der Waals surface area contributed by atoms with E-state index in [1.807, 2.05) is 30.3 Å². The third-order valence-corrected chi connectivity index (χ3v) is 5.52. The van der Waals surface area contributed by atoms with Gasteiger partial charge >= 0.3 is 11.2 Å². The highest BCUT2D eigenvalue weighted by molar-refractivity contribution is 9.10. The highest BCUT2D eigenvalue weighted by Crippen LogP contribution is 2.52. The van der Waals surface area contributed by atoms with Gasteiger partial charge in [-0.25, -0.2) is 4.42 Å². The highest BCUT2D eigenvalue weighted by Gasteiger charge is 2.30. The van der Waals surface area contributed by atoms with Gasteiger partial charge in [-0.15, -0.1) is 0 Å². The summed E-state index contributed by atoms with van der Waals surface area (Å²) in [4.78, 5) is 0. The summed E-state index contributed by atoms with van der Waals surface area (Å²) in [5, 5.41) is 4.50. The molecule has 1 aliphatic rings. The number of hydrogen-bond acceptors (Lipinski definition) is 1. The van der Waals surface area contributed by atoms with E-state index in [1.54, 1.807) is 0 Å². The summed E-state index contributed by atoms with van der Waals surface area (Å²) in [7, 11) is 0. The van der Waals surface area contributed by atoms with Crippen LogP contribution in [0.15, 0.2) is 81.7 Å². The van der Waals surface area contributed by atoms with Crippen LogP contribution in [0.25, 0.3) is 43.8 Å². The molecule has 26 heavy (non-hydrogen) atoms. The van der Waals surface area contributed by atoms with Crippen LogP contribution in [0.3, 0.4) is 0 Å². The maximum atomic E-state index is 6.27. The smallest absolute Gasteiger partial charge is 0.365 e. The van der Waals surface area contributed by atoms with Crippen molar-refractivity contribution in [3.8, 4) is 22.6 Å². The number of benzene rings is 4. The molecule has 0 bridgehead atoms. The van der Waals surface area contributed by atoms with E-state index in [2.05, 4.69) is 58.4 Å². The van der Waals surface area contributed by atoms with Gasteiger partial charge in [0.1, 0.15) is 16.9 Å². The number of hydrogen-bond donors (Lipinski definition) is 0. The van der Waals surface area contributed by atoms with Crippen molar-refractivity contribution in [3.63, 3.8) is 0 Å². The maximum absolute atomic E-state index is 6.27. The Morgan fingerprint density at radius 3 is 2.54 bits per heavy atom. The molecule has 6 rings (SSSR count). The summed E-state index contributed by atoms with van der Waals surface area (Å²) in [5.74, 6) is 1.73. The molecule has 0 unspecified atom stereocenters. The fourth-order valence-electron chi connectivity index (χ4n) is 3.94. The molecular weight excluding hydrogens is 388 g/mol. The number of halogens is 1. The molecule has 0 N–H and O–H groups in total. The first-order valence-electron chi connectivity index (χ1n) is 8.48. The first-order valence-corrected chi connectivity index (χ1v) is 9.27. The number of para-hydroxylation sites is 1. The highest BCUT2D eigenvalue weighted by atomic mass is 79.9. The van der Waals surface area contributed by atoms with E-state index in [0.717, 1.165) is 43.5 Å². The first-order chi connectivity index (χ1) is 12.8. The van der Waals surface area contributed by atoms with Gasteiger partial charge in [0.15, 0.2) is 0 Å². The van der Waals surface area contributed by atoms with Gasteiger partial charge < -0.3 is 4.74 Å². The van der Waals surface area contributed by atoms with Crippen LogP contribution in [0, 0.1) is 0 Å². The van der Waals surface area contributed by atoms with Crippen molar-refractivity contribution < 1.29 is 9.15 Å². The third kappa shape index (κ3) is 1.84. The minimum Gasteiger partial charge on any atom is -0.456 e. The Morgan fingerprint density at radius 1 is 0.692 bits per heavy atom. The fourth-order valence-corrected chi connectivity index (χ4v) is 4.32. The van der Waals surface area contributed by atoms with Gasteiger partial charge in [-0.05, 0) is 47.2 Å². The van der Waals surface area contributed by atoms with E-state index >= 15 is 0 Å². The van der Waals surface area contributed by atoms with Gasteiger partial charge in [0, 0.05) is 27.7 Å². The van der Waals surface area contributed by atoms with E-state index in [-0.39, 0.29) is 0 Å². The van der Waals surface area contributed by atoms with Crippen molar-refractivity contribution in [2.75, 3.05) is 0 Å². The van der Waals surface area contributed by atoms with Crippen molar-refractivity contribution in [1.82, 2.24) is 0 Å². The molecular formula is C23H12BrO2+. The van der Waals surface area contributed by atoms with Gasteiger partial charge in [-0.3, -0.25) is 0 Å². The Kier molecular flexibility index (Phi) is 2.78. The molecule has 0 saturated carbocycles. The second kappa shape index (κ2) is 5.05. The number of fused-ring (bicyclic) bond motifs is 6. The molecule has 0 saturated heterocycles. The second-order valence-electron chi connectivity index (χ2n) is 6.51. The summed E-state index contributed by atoms with van der Waals surface area (Å²) in [6.45, 7) is 0. The average molecular weight is 400 g/mol. The van der Waals surface area contributed by atoms with E-state index < -0.39 is 0 Å². The quantitative estimate of drug-likeness (QED) is 0.194. The molecule has 0 aliphatic carbocycles. The predicted octanol–water partition coefficient (Wildman–Crippen LogP) is 7.56. The summed E-state index contributed by atoms with van der Waals surface area (Å²) in [5.41, 5.74) is 4.04. The molecule has 1 aliphatic heterocycles. The van der Waals surface area contributed by atoms with Crippen LogP contribution in [0.1, 0.15) is 0 Å². The Bertz CT molecular complexity index is 1370. The van der Waals surface area contributed by atoms with Crippen LogP contribution in [0.2, 0.25) is 0 Å². The largest absolute Gasteiger partial charge is 0.456 e. The lowest BCUT2D eigenvalue weighted by Crippen LogP contribution is -1.99. The molecule has 5 aromatic rings. The normalized spacial score (nSPS) is 12.3. The molecule has 0 spiro atoms. The van der Waals surface area contributed by atoms with Crippen LogP contribution >= 0.6 is 15.9 Å². The van der Waals surface area contributed by atoms with E-state index in [9.17, 15) is 0 Å². The predicted molar refractivity (Wildman–Crippen MR) is 109 cm³/mol. The van der Waals surface area contributed by atoms with Crippen molar-refractivity contribution in [1.29, 1.82) is 0 Å². The minimum atomic E-state index is 0.843. The van der Waals surface area contributed by atoms with Gasteiger partial charge in [0.05, 0.1) is 5.39 Å². The Hall–Kier alpha value is -2.91. The lowest BCUT2D eigenvalue weighted by molar-refractivity contribution is 0.486. The van der Waals surface area contributed by atoms with Gasteiger partial charge in [0.25, 0.3) is 0 Å². The Balaban J connectivity index is 1.91. The maximum Gasteiger partial charge on any atom is 0.365 e. The molecule has 0 atom stereocenters. The Morgan fingerprint density at radius 2 is 1.58 bits per heavy atom.